The van der Waals surface area contributed by atoms with Gasteiger partial charge in [-0.2, -0.15) is 0 Å². The van der Waals surface area contributed by atoms with Gasteiger partial charge in [-0.1, -0.05) is 30.3 Å². The Kier molecular flexibility index (Phi) is 4.96. The normalized spacial score (nSPS) is 12.1. The molecule has 2 aromatic rings. The van der Waals surface area contributed by atoms with Crippen LogP contribution in [-0.4, -0.2) is 15.6 Å². The molecule has 0 aliphatic heterocycles. The fraction of sp³-hybridized carbons (Fsp3) is 0.250. The lowest BCUT2D eigenvalue weighted by atomic mass is 10.0. The lowest BCUT2D eigenvalue weighted by Gasteiger charge is -2.16. The summed E-state index contributed by atoms with van der Waals surface area (Å²) in [6.07, 6.45) is 2.52. The minimum atomic E-state index is -0.995. The van der Waals surface area contributed by atoms with E-state index in [1.54, 1.807) is 19.2 Å². The van der Waals surface area contributed by atoms with Crippen LogP contribution in [0.1, 0.15) is 23.6 Å². The zero-order valence-electron chi connectivity index (χ0n) is 11.6. The lowest BCUT2D eigenvalue weighted by Crippen LogP contribution is -2.31. The van der Waals surface area contributed by atoms with Crippen molar-refractivity contribution < 1.29 is 9.90 Å². The van der Waals surface area contributed by atoms with E-state index in [1.165, 1.54) is 4.57 Å². The number of aromatic nitrogens is 1. The quantitative estimate of drug-likeness (QED) is 0.901. The van der Waals surface area contributed by atoms with Gasteiger partial charge in [0.1, 0.15) is 6.04 Å². The fourth-order valence-corrected chi connectivity index (χ4v) is 2.83. The topological polar surface area (TPSA) is 59.3 Å². The second kappa shape index (κ2) is 6.72. The first kappa shape index (κ1) is 15.5. The van der Waals surface area contributed by atoms with Crippen LogP contribution in [-0.2, 0) is 11.2 Å². The van der Waals surface area contributed by atoms with Gasteiger partial charge in [-0.25, -0.2) is 4.79 Å². The van der Waals surface area contributed by atoms with Crippen LogP contribution in [0.15, 0.2) is 51.9 Å². The number of halogens is 1. The Bertz CT molecular complexity index is 694. The third-order valence-corrected chi connectivity index (χ3v) is 3.79. The van der Waals surface area contributed by atoms with Gasteiger partial charge in [0.25, 0.3) is 5.56 Å². The number of benzene rings is 1. The molecule has 1 heterocycles. The summed E-state index contributed by atoms with van der Waals surface area (Å²) in [6, 6.07) is 10.5. The number of carboxylic acids is 1. The van der Waals surface area contributed by atoms with Gasteiger partial charge in [0.15, 0.2) is 0 Å². The van der Waals surface area contributed by atoms with Gasteiger partial charge in [-0.15, -0.1) is 0 Å². The minimum absolute atomic E-state index is 0.265. The molecule has 0 saturated carbocycles. The van der Waals surface area contributed by atoms with Gasteiger partial charge >= 0.3 is 5.97 Å². The van der Waals surface area contributed by atoms with Gasteiger partial charge < -0.3 is 5.11 Å². The predicted octanol–water partition coefficient (Wildman–Crippen LogP) is 3.18. The highest BCUT2D eigenvalue weighted by Gasteiger charge is 2.21. The monoisotopic (exact) mass is 349 g/mol. The maximum atomic E-state index is 12.2. The molecule has 1 aromatic heterocycles. The zero-order valence-corrected chi connectivity index (χ0v) is 13.2. The maximum Gasteiger partial charge on any atom is 0.326 e. The van der Waals surface area contributed by atoms with Crippen molar-refractivity contribution in [2.45, 2.75) is 25.8 Å². The van der Waals surface area contributed by atoms with Crippen LogP contribution in [0.2, 0.25) is 0 Å². The van der Waals surface area contributed by atoms with Gasteiger partial charge in [0, 0.05) is 16.2 Å². The molecule has 21 heavy (non-hydrogen) atoms. The first-order valence-electron chi connectivity index (χ1n) is 6.64. The SMILES string of the molecule is Cc1cc(Br)cn(C(CCc2ccccc2)C(=O)O)c1=O. The third-order valence-electron chi connectivity index (χ3n) is 3.36. The molecular formula is C16H16BrNO3. The molecule has 110 valence electrons. The van der Waals surface area contributed by atoms with Gasteiger partial charge in [0.05, 0.1) is 0 Å². The highest BCUT2D eigenvalue weighted by molar-refractivity contribution is 9.10. The second-order valence-corrected chi connectivity index (χ2v) is 5.85. The van der Waals surface area contributed by atoms with E-state index in [-0.39, 0.29) is 5.56 Å². The highest BCUT2D eigenvalue weighted by atomic mass is 79.9. The highest BCUT2D eigenvalue weighted by Crippen LogP contribution is 2.17. The van der Waals surface area contributed by atoms with E-state index in [1.807, 2.05) is 30.3 Å². The number of carboxylic acid groups (broad SMARTS) is 1. The van der Waals surface area contributed by atoms with E-state index in [4.69, 9.17) is 0 Å². The summed E-state index contributed by atoms with van der Waals surface area (Å²) in [5.41, 5.74) is 1.32. The average Bonchev–Trinajstić information content (AvgIpc) is 2.45. The molecule has 0 aliphatic rings. The van der Waals surface area contributed by atoms with Crippen LogP contribution in [0.25, 0.3) is 0 Å². The van der Waals surface area contributed by atoms with Crippen LogP contribution in [0.4, 0.5) is 0 Å². The average molecular weight is 350 g/mol. The van der Waals surface area contributed by atoms with Crippen LogP contribution < -0.4 is 5.56 Å². The van der Waals surface area contributed by atoms with Crippen molar-refractivity contribution in [3.63, 3.8) is 0 Å². The Morgan fingerprint density at radius 2 is 2.00 bits per heavy atom. The van der Waals surface area contributed by atoms with Crippen molar-refractivity contribution in [3.8, 4) is 0 Å². The second-order valence-electron chi connectivity index (χ2n) is 4.93. The Labute approximate surface area is 131 Å². The van der Waals surface area contributed by atoms with Crippen LogP contribution >= 0.6 is 15.9 Å². The molecule has 0 saturated heterocycles. The molecule has 2 rings (SSSR count). The molecule has 1 N–H and O–H groups in total. The summed E-state index contributed by atoms with van der Waals surface area (Å²) in [5.74, 6) is -0.995. The molecule has 0 radical (unpaired) electrons. The number of rotatable bonds is 5. The van der Waals surface area contributed by atoms with E-state index in [9.17, 15) is 14.7 Å². The zero-order chi connectivity index (χ0) is 15.4. The van der Waals surface area contributed by atoms with Gasteiger partial charge in [-0.05, 0) is 47.3 Å². The maximum absolute atomic E-state index is 12.2. The molecule has 0 amide bonds. The number of pyridine rings is 1. The number of aryl methyl sites for hydroxylation is 2. The molecule has 1 aromatic carbocycles. The van der Waals surface area contributed by atoms with Crippen LogP contribution in [0.3, 0.4) is 0 Å². The molecule has 0 aliphatic carbocycles. The molecule has 0 fully saturated rings. The van der Waals surface area contributed by atoms with Crippen LogP contribution in [0, 0.1) is 6.92 Å². The summed E-state index contributed by atoms with van der Waals surface area (Å²) in [7, 11) is 0. The number of hydrogen-bond acceptors (Lipinski definition) is 2. The number of nitrogens with zero attached hydrogens (tertiary/aromatic N) is 1. The van der Waals surface area contributed by atoms with E-state index in [0.717, 1.165) is 5.56 Å². The first-order valence-corrected chi connectivity index (χ1v) is 7.43. The fourth-order valence-electron chi connectivity index (χ4n) is 2.26. The Morgan fingerprint density at radius 3 is 2.62 bits per heavy atom. The third kappa shape index (κ3) is 3.82. The van der Waals surface area contributed by atoms with E-state index in [2.05, 4.69) is 15.9 Å². The Morgan fingerprint density at radius 1 is 1.33 bits per heavy atom. The van der Waals surface area contributed by atoms with Crippen molar-refractivity contribution in [1.82, 2.24) is 4.57 Å². The van der Waals surface area contributed by atoms with Crippen molar-refractivity contribution in [2.75, 3.05) is 0 Å². The number of carbonyl (C=O) groups is 1. The summed E-state index contributed by atoms with van der Waals surface area (Å²) in [5, 5.41) is 9.44. The summed E-state index contributed by atoms with van der Waals surface area (Å²) < 4.78 is 2.00. The molecular weight excluding hydrogens is 334 g/mol. The molecule has 1 atom stereocenters. The van der Waals surface area contributed by atoms with Crippen molar-refractivity contribution in [3.05, 3.63) is 68.5 Å². The van der Waals surface area contributed by atoms with Gasteiger partial charge in [0.2, 0.25) is 0 Å². The standard InChI is InChI=1S/C16H16BrNO3/c1-11-9-13(17)10-18(15(11)19)14(16(20)21)8-7-12-5-3-2-4-6-12/h2-6,9-10,14H,7-8H2,1H3,(H,20,21). The van der Waals surface area contributed by atoms with E-state index >= 15 is 0 Å². The summed E-state index contributed by atoms with van der Waals surface area (Å²) >= 11 is 3.31. The predicted molar refractivity (Wildman–Crippen MR) is 84.6 cm³/mol. The Balaban J connectivity index is 2.28. The summed E-state index contributed by atoms with van der Waals surface area (Å²) in [4.78, 5) is 23.7. The Hall–Kier alpha value is -1.88. The molecule has 0 bridgehead atoms. The smallest absolute Gasteiger partial charge is 0.326 e. The van der Waals surface area contributed by atoms with Crippen molar-refractivity contribution in [2.24, 2.45) is 0 Å². The summed E-state index contributed by atoms with van der Waals surface area (Å²) in [6.45, 7) is 1.68. The number of aliphatic carboxylic acids is 1. The van der Waals surface area contributed by atoms with E-state index in [0.29, 0.717) is 22.9 Å². The molecule has 4 nitrogen and oxygen atoms in total. The van der Waals surface area contributed by atoms with Crippen molar-refractivity contribution in [1.29, 1.82) is 0 Å². The van der Waals surface area contributed by atoms with Gasteiger partial charge in [-0.3, -0.25) is 9.36 Å². The first-order chi connectivity index (χ1) is 9.99. The minimum Gasteiger partial charge on any atom is -0.480 e. The largest absolute Gasteiger partial charge is 0.480 e. The van der Waals surface area contributed by atoms with Crippen LogP contribution in [0.5, 0.6) is 0 Å². The van der Waals surface area contributed by atoms with Crippen molar-refractivity contribution >= 4 is 21.9 Å². The molecule has 1 unspecified atom stereocenters. The lowest BCUT2D eigenvalue weighted by molar-refractivity contribution is -0.141. The van der Waals surface area contributed by atoms with E-state index < -0.39 is 12.0 Å². The number of hydrogen-bond donors (Lipinski definition) is 1. The molecule has 0 spiro atoms. The molecule has 5 heteroatoms.